The van der Waals surface area contributed by atoms with E-state index >= 15 is 0 Å². The highest BCUT2D eigenvalue weighted by molar-refractivity contribution is 5.35. The first-order valence-corrected chi connectivity index (χ1v) is 7.14. The van der Waals surface area contributed by atoms with Crippen LogP contribution in [-0.2, 0) is 5.60 Å². The van der Waals surface area contributed by atoms with Crippen LogP contribution >= 0.6 is 0 Å². The van der Waals surface area contributed by atoms with Crippen LogP contribution in [0.3, 0.4) is 0 Å². The molecule has 1 saturated carbocycles. The molecule has 1 aromatic rings. The van der Waals surface area contributed by atoms with Gasteiger partial charge in [0.25, 0.3) is 0 Å². The van der Waals surface area contributed by atoms with Gasteiger partial charge in [0.05, 0.1) is 12.7 Å². The van der Waals surface area contributed by atoms with Crippen molar-refractivity contribution >= 4 is 0 Å². The second-order valence-corrected chi connectivity index (χ2v) is 7.71. The molecule has 0 saturated heterocycles. The lowest BCUT2D eigenvalue weighted by molar-refractivity contribution is -0.0932. The highest BCUT2D eigenvalue weighted by Crippen LogP contribution is 2.54. The molecule has 2 nitrogen and oxygen atoms in total. The predicted octanol–water partition coefficient (Wildman–Crippen LogP) is 4.26. The van der Waals surface area contributed by atoms with Gasteiger partial charge in [0, 0.05) is 5.56 Å². The summed E-state index contributed by atoms with van der Waals surface area (Å²) in [5, 5.41) is 11.1. The number of halogens is 1. The van der Waals surface area contributed by atoms with Gasteiger partial charge in [-0.15, -0.1) is 0 Å². The maximum atomic E-state index is 14.5. The van der Waals surface area contributed by atoms with Crippen LogP contribution in [0.1, 0.15) is 52.5 Å². The molecular formula is C17H25FO2. The van der Waals surface area contributed by atoms with Gasteiger partial charge in [-0.1, -0.05) is 39.8 Å². The van der Waals surface area contributed by atoms with Gasteiger partial charge in [0.15, 0.2) is 11.6 Å². The molecule has 0 amide bonds. The second-order valence-electron chi connectivity index (χ2n) is 7.71. The second kappa shape index (κ2) is 4.73. The first-order valence-electron chi connectivity index (χ1n) is 7.14. The van der Waals surface area contributed by atoms with E-state index in [0.29, 0.717) is 18.4 Å². The van der Waals surface area contributed by atoms with Gasteiger partial charge < -0.3 is 9.84 Å². The molecule has 112 valence electrons. The molecule has 1 N–H and O–H groups in total. The summed E-state index contributed by atoms with van der Waals surface area (Å²) < 4.78 is 19.6. The molecule has 0 spiro atoms. The van der Waals surface area contributed by atoms with Crippen LogP contribution in [0.4, 0.5) is 4.39 Å². The minimum atomic E-state index is -1.14. The Balaban J connectivity index is 2.49. The zero-order valence-electron chi connectivity index (χ0n) is 13.1. The van der Waals surface area contributed by atoms with Crippen LogP contribution in [0.5, 0.6) is 5.75 Å². The molecule has 0 radical (unpaired) electrons. The van der Waals surface area contributed by atoms with Gasteiger partial charge in [-0.2, -0.15) is 0 Å². The van der Waals surface area contributed by atoms with Crippen molar-refractivity contribution in [3.05, 3.63) is 29.6 Å². The molecule has 0 atom stereocenters. The van der Waals surface area contributed by atoms with E-state index in [2.05, 4.69) is 27.7 Å². The average Bonchev–Trinajstić information content (AvgIpc) is 2.23. The van der Waals surface area contributed by atoms with Crippen LogP contribution in [0, 0.1) is 16.6 Å². The number of methoxy groups -OCH3 is 1. The fraction of sp³-hybridized carbons (Fsp3) is 0.647. The van der Waals surface area contributed by atoms with Crippen molar-refractivity contribution in [2.45, 2.75) is 52.6 Å². The van der Waals surface area contributed by atoms with Crippen molar-refractivity contribution in [2.75, 3.05) is 7.11 Å². The summed E-state index contributed by atoms with van der Waals surface area (Å²) >= 11 is 0. The fourth-order valence-corrected chi connectivity index (χ4v) is 4.28. The SMILES string of the molecule is COc1cccc(C2(O)CC(C)(C)CC(C)(C)C2)c1F. The lowest BCUT2D eigenvalue weighted by atomic mass is 9.58. The van der Waals surface area contributed by atoms with E-state index in [-0.39, 0.29) is 16.6 Å². The lowest BCUT2D eigenvalue weighted by Gasteiger charge is -2.49. The standard InChI is InChI=1S/C17H25FO2/c1-15(2)9-16(3,4)11-17(19,10-15)12-7-6-8-13(20-5)14(12)18/h6-8,19H,9-11H2,1-5H3. The van der Waals surface area contributed by atoms with E-state index in [1.165, 1.54) is 7.11 Å². The number of ether oxygens (including phenoxy) is 1. The molecule has 2 rings (SSSR count). The number of hydrogen-bond donors (Lipinski definition) is 1. The summed E-state index contributed by atoms with van der Waals surface area (Å²) in [5.74, 6) is -0.247. The Labute approximate surface area is 121 Å². The third-order valence-corrected chi connectivity index (χ3v) is 4.18. The molecule has 0 aliphatic heterocycles. The van der Waals surface area contributed by atoms with Gasteiger partial charge in [0.1, 0.15) is 0 Å². The summed E-state index contributed by atoms with van der Waals surface area (Å²) in [4.78, 5) is 0. The molecule has 1 aromatic carbocycles. The molecular weight excluding hydrogens is 255 g/mol. The first-order chi connectivity index (χ1) is 9.09. The summed E-state index contributed by atoms with van der Waals surface area (Å²) in [6.07, 6.45) is 2.15. The quantitative estimate of drug-likeness (QED) is 0.877. The summed E-state index contributed by atoms with van der Waals surface area (Å²) in [7, 11) is 1.45. The number of aliphatic hydroxyl groups is 1. The van der Waals surface area contributed by atoms with E-state index in [1.54, 1.807) is 18.2 Å². The molecule has 1 aliphatic carbocycles. The average molecular weight is 280 g/mol. The lowest BCUT2D eigenvalue weighted by Crippen LogP contribution is -2.44. The summed E-state index contributed by atoms with van der Waals surface area (Å²) in [5.41, 5.74) is -0.820. The normalized spacial score (nSPS) is 23.4. The number of hydrogen-bond acceptors (Lipinski definition) is 2. The molecule has 0 bridgehead atoms. The molecule has 0 aromatic heterocycles. The Morgan fingerprint density at radius 1 is 1.05 bits per heavy atom. The number of rotatable bonds is 2. The van der Waals surface area contributed by atoms with Gasteiger partial charge >= 0.3 is 0 Å². The molecule has 0 heterocycles. The molecule has 0 unspecified atom stereocenters. The Kier molecular flexibility index (Phi) is 3.62. The fourth-order valence-electron chi connectivity index (χ4n) is 4.28. The third-order valence-electron chi connectivity index (χ3n) is 4.18. The first kappa shape index (κ1) is 15.3. The van der Waals surface area contributed by atoms with Crippen LogP contribution in [0.25, 0.3) is 0 Å². The Bertz CT molecular complexity index is 490. The topological polar surface area (TPSA) is 29.5 Å². The Morgan fingerprint density at radius 2 is 1.60 bits per heavy atom. The van der Waals surface area contributed by atoms with Crippen molar-refractivity contribution in [3.63, 3.8) is 0 Å². The minimum absolute atomic E-state index is 0.0218. The maximum Gasteiger partial charge on any atom is 0.171 e. The van der Waals surface area contributed by atoms with E-state index in [0.717, 1.165) is 6.42 Å². The van der Waals surface area contributed by atoms with Gasteiger partial charge in [-0.3, -0.25) is 0 Å². The van der Waals surface area contributed by atoms with Crippen molar-refractivity contribution in [3.8, 4) is 5.75 Å². The van der Waals surface area contributed by atoms with Crippen LogP contribution in [0.15, 0.2) is 18.2 Å². The van der Waals surface area contributed by atoms with Crippen LogP contribution in [0.2, 0.25) is 0 Å². The van der Waals surface area contributed by atoms with Crippen LogP contribution in [-0.4, -0.2) is 12.2 Å². The highest BCUT2D eigenvalue weighted by Gasteiger charge is 2.48. The molecule has 3 heteroatoms. The molecule has 20 heavy (non-hydrogen) atoms. The van der Waals surface area contributed by atoms with E-state index < -0.39 is 11.4 Å². The van der Waals surface area contributed by atoms with Crippen molar-refractivity contribution in [2.24, 2.45) is 10.8 Å². The Hall–Kier alpha value is -1.09. The van der Waals surface area contributed by atoms with E-state index in [9.17, 15) is 9.50 Å². The smallest absolute Gasteiger partial charge is 0.171 e. The van der Waals surface area contributed by atoms with Gasteiger partial charge in [-0.05, 0) is 36.2 Å². The van der Waals surface area contributed by atoms with Crippen LogP contribution < -0.4 is 4.74 Å². The summed E-state index contributed by atoms with van der Waals surface area (Å²) in [6.45, 7) is 8.54. The van der Waals surface area contributed by atoms with Crippen molar-refractivity contribution in [1.82, 2.24) is 0 Å². The minimum Gasteiger partial charge on any atom is -0.494 e. The Morgan fingerprint density at radius 3 is 2.10 bits per heavy atom. The predicted molar refractivity (Wildman–Crippen MR) is 78.3 cm³/mol. The van der Waals surface area contributed by atoms with Crippen molar-refractivity contribution < 1.29 is 14.2 Å². The van der Waals surface area contributed by atoms with E-state index in [4.69, 9.17) is 4.74 Å². The summed E-state index contributed by atoms with van der Waals surface area (Å²) in [6, 6.07) is 5.00. The largest absolute Gasteiger partial charge is 0.494 e. The zero-order valence-corrected chi connectivity index (χ0v) is 13.1. The van der Waals surface area contributed by atoms with Gasteiger partial charge in [-0.25, -0.2) is 4.39 Å². The number of benzene rings is 1. The highest BCUT2D eigenvalue weighted by atomic mass is 19.1. The molecule has 1 aliphatic rings. The van der Waals surface area contributed by atoms with Crippen molar-refractivity contribution in [1.29, 1.82) is 0 Å². The maximum absolute atomic E-state index is 14.5. The third kappa shape index (κ3) is 2.83. The van der Waals surface area contributed by atoms with E-state index in [1.807, 2.05) is 0 Å². The monoisotopic (exact) mass is 280 g/mol. The van der Waals surface area contributed by atoms with Gasteiger partial charge in [0.2, 0.25) is 0 Å². The molecule has 1 fully saturated rings. The zero-order chi connectivity index (χ0) is 15.2.